The van der Waals surface area contributed by atoms with Gasteiger partial charge in [0.2, 0.25) is 0 Å². The summed E-state index contributed by atoms with van der Waals surface area (Å²) >= 11 is 0. The van der Waals surface area contributed by atoms with E-state index in [4.69, 9.17) is 10.2 Å². The van der Waals surface area contributed by atoms with Crippen molar-refractivity contribution in [1.82, 2.24) is 10.8 Å². The molecule has 0 radical (unpaired) electrons. The first-order chi connectivity index (χ1) is 8.01. The van der Waals surface area contributed by atoms with Crippen LogP contribution in [0, 0.1) is 5.41 Å². The second kappa shape index (κ2) is 8.52. The Morgan fingerprint density at radius 1 is 1.35 bits per heavy atom. The van der Waals surface area contributed by atoms with Gasteiger partial charge in [-0.15, -0.1) is 0 Å². The Morgan fingerprint density at radius 2 is 2.00 bits per heavy atom. The van der Waals surface area contributed by atoms with Crippen molar-refractivity contribution in [3.05, 3.63) is 23.6 Å². The molecule has 0 aliphatic heterocycles. The van der Waals surface area contributed by atoms with Crippen LogP contribution in [0.1, 0.15) is 27.7 Å². The SMILES string of the molecule is CNO/C(C)=C/C(=N/C=N)C(/C)=C/NC(C)C. The number of hydrogen-bond acceptors (Lipinski definition) is 4. The number of nitrogens with zero attached hydrogens (tertiary/aromatic N) is 1. The Kier molecular flexibility index (Phi) is 7.71. The van der Waals surface area contributed by atoms with Gasteiger partial charge in [0.15, 0.2) is 0 Å². The summed E-state index contributed by atoms with van der Waals surface area (Å²) in [6.45, 7) is 7.87. The summed E-state index contributed by atoms with van der Waals surface area (Å²) < 4.78 is 0. The molecule has 0 heterocycles. The molecule has 0 aromatic carbocycles. The molecule has 96 valence electrons. The standard InChI is InChI=1S/C12H22N4O/c1-9(2)15-7-10(3)12(16-8-13)6-11(4)17-14-5/h6-9,13-15H,1-5H3/b10-7+,11-6+,13-8?,16-12-. The van der Waals surface area contributed by atoms with Crippen molar-refractivity contribution < 1.29 is 4.84 Å². The minimum Gasteiger partial charge on any atom is -0.414 e. The van der Waals surface area contributed by atoms with E-state index in [-0.39, 0.29) is 0 Å². The molecule has 0 aliphatic rings. The van der Waals surface area contributed by atoms with E-state index in [0.29, 0.717) is 17.5 Å². The van der Waals surface area contributed by atoms with E-state index in [9.17, 15) is 0 Å². The molecule has 0 spiro atoms. The highest BCUT2D eigenvalue weighted by molar-refractivity contribution is 6.10. The number of allylic oxidation sites excluding steroid dienone is 3. The highest BCUT2D eigenvalue weighted by atomic mass is 16.6. The van der Waals surface area contributed by atoms with Gasteiger partial charge in [-0.25, -0.2) is 4.99 Å². The molecular formula is C12H22N4O. The lowest BCUT2D eigenvalue weighted by Gasteiger charge is -2.08. The van der Waals surface area contributed by atoms with Gasteiger partial charge in [0.1, 0.15) is 12.1 Å². The fourth-order valence-corrected chi connectivity index (χ4v) is 1.07. The van der Waals surface area contributed by atoms with Crippen molar-refractivity contribution in [2.45, 2.75) is 33.7 Å². The Hall–Kier alpha value is -1.62. The van der Waals surface area contributed by atoms with Gasteiger partial charge in [-0.1, -0.05) is 0 Å². The molecule has 0 rings (SSSR count). The Morgan fingerprint density at radius 3 is 2.47 bits per heavy atom. The van der Waals surface area contributed by atoms with Crippen molar-refractivity contribution in [3.8, 4) is 0 Å². The van der Waals surface area contributed by atoms with Crippen LogP contribution < -0.4 is 10.8 Å². The molecule has 0 saturated heterocycles. The Labute approximate surface area is 103 Å². The average molecular weight is 238 g/mol. The molecule has 0 amide bonds. The molecule has 0 aromatic heterocycles. The molecule has 0 aromatic rings. The summed E-state index contributed by atoms with van der Waals surface area (Å²) in [5.41, 5.74) is 4.23. The normalized spacial score (nSPS) is 13.9. The molecule has 0 fully saturated rings. The predicted octanol–water partition coefficient (Wildman–Crippen LogP) is 1.99. The summed E-state index contributed by atoms with van der Waals surface area (Å²) in [6.07, 6.45) is 4.68. The van der Waals surface area contributed by atoms with Gasteiger partial charge in [0.25, 0.3) is 0 Å². The van der Waals surface area contributed by atoms with E-state index in [0.717, 1.165) is 11.9 Å². The van der Waals surface area contributed by atoms with Gasteiger partial charge in [0, 0.05) is 25.4 Å². The molecule has 0 bridgehead atoms. The fraction of sp³-hybridized carbons (Fsp3) is 0.500. The highest BCUT2D eigenvalue weighted by Crippen LogP contribution is 2.02. The quantitative estimate of drug-likeness (QED) is 0.275. The van der Waals surface area contributed by atoms with Crippen LogP contribution >= 0.6 is 0 Å². The van der Waals surface area contributed by atoms with E-state index in [1.165, 1.54) is 0 Å². The van der Waals surface area contributed by atoms with Gasteiger partial charge >= 0.3 is 0 Å². The first kappa shape index (κ1) is 15.4. The van der Waals surface area contributed by atoms with Crippen molar-refractivity contribution >= 4 is 12.1 Å². The molecule has 0 aliphatic carbocycles. The molecule has 3 N–H and O–H groups in total. The first-order valence-corrected chi connectivity index (χ1v) is 5.53. The van der Waals surface area contributed by atoms with Gasteiger partial charge in [-0.2, -0.15) is 5.48 Å². The van der Waals surface area contributed by atoms with Gasteiger partial charge < -0.3 is 10.2 Å². The van der Waals surface area contributed by atoms with E-state index >= 15 is 0 Å². The number of hydroxylamine groups is 1. The van der Waals surface area contributed by atoms with E-state index in [1.54, 1.807) is 13.1 Å². The number of hydrogen-bond donors (Lipinski definition) is 3. The number of aliphatic imine (C=N–C) groups is 1. The monoisotopic (exact) mass is 238 g/mol. The van der Waals surface area contributed by atoms with E-state index in [1.807, 2.05) is 20.0 Å². The zero-order chi connectivity index (χ0) is 13.3. The number of rotatable bonds is 7. The molecule has 0 unspecified atom stereocenters. The van der Waals surface area contributed by atoms with E-state index in [2.05, 4.69) is 29.6 Å². The van der Waals surface area contributed by atoms with Crippen LogP contribution in [0.2, 0.25) is 0 Å². The van der Waals surface area contributed by atoms with Crippen molar-refractivity contribution in [1.29, 1.82) is 5.41 Å². The molecule has 17 heavy (non-hydrogen) atoms. The van der Waals surface area contributed by atoms with Crippen LogP contribution in [-0.2, 0) is 4.84 Å². The lowest BCUT2D eigenvalue weighted by molar-refractivity contribution is 0.128. The lowest BCUT2D eigenvalue weighted by Crippen LogP contribution is -2.17. The molecule has 5 heteroatoms. The fourth-order valence-electron chi connectivity index (χ4n) is 1.07. The zero-order valence-corrected chi connectivity index (χ0v) is 11.2. The third-order valence-corrected chi connectivity index (χ3v) is 1.84. The van der Waals surface area contributed by atoms with Crippen LogP contribution in [0.4, 0.5) is 0 Å². The minimum absolute atomic E-state index is 0.366. The molecule has 0 saturated carbocycles. The van der Waals surface area contributed by atoms with Gasteiger partial charge in [0.05, 0.1) is 5.71 Å². The third kappa shape index (κ3) is 7.30. The van der Waals surface area contributed by atoms with Crippen LogP contribution in [0.5, 0.6) is 0 Å². The topological polar surface area (TPSA) is 69.5 Å². The smallest absolute Gasteiger partial charge is 0.123 e. The second-order valence-corrected chi connectivity index (χ2v) is 3.85. The predicted molar refractivity (Wildman–Crippen MR) is 72.1 cm³/mol. The first-order valence-electron chi connectivity index (χ1n) is 5.53. The summed E-state index contributed by atoms with van der Waals surface area (Å²) in [7, 11) is 1.69. The maximum atomic E-state index is 7.04. The van der Waals surface area contributed by atoms with Crippen molar-refractivity contribution in [2.75, 3.05) is 7.05 Å². The number of nitrogens with one attached hydrogen (secondary N) is 3. The largest absolute Gasteiger partial charge is 0.414 e. The second-order valence-electron chi connectivity index (χ2n) is 3.85. The molecule has 0 atom stereocenters. The average Bonchev–Trinajstić information content (AvgIpc) is 2.25. The van der Waals surface area contributed by atoms with E-state index < -0.39 is 0 Å². The summed E-state index contributed by atoms with van der Waals surface area (Å²) in [5, 5.41) is 10.2. The van der Waals surface area contributed by atoms with Gasteiger partial charge in [-0.3, -0.25) is 5.41 Å². The maximum absolute atomic E-state index is 7.04. The minimum atomic E-state index is 0.366. The van der Waals surface area contributed by atoms with Crippen molar-refractivity contribution in [2.24, 2.45) is 4.99 Å². The van der Waals surface area contributed by atoms with Crippen LogP contribution in [-0.4, -0.2) is 25.1 Å². The summed E-state index contributed by atoms with van der Waals surface area (Å²) in [4.78, 5) is 9.09. The zero-order valence-electron chi connectivity index (χ0n) is 11.2. The lowest BCUT2D eigenvalue weighted by atomic mass is 10.1. The van der Waals surface area contributed by atoms with Crippen molar-refractivity contribution in [3.63, 3.8) is 0 Å². The van der Waals surface area contributed by atoms with Crippen LogP contribution in [0.3, 0.4) is 0 Å². The van der Waals surface area contributed by atoms with Gasteiger partial charge in [-0.05, 0) is 33.3 Å². The van der Waals surface area contributed by atoms with Crippen LogP contribution in [0.25, 0.3) is 0 Å². The van der Waals surface area contributed by atoms with Crippen LogP contribution in [0.15, 0.2) is 28.6 Å². The maximum Gasteiger partial charge on any atom is 0.123 e. The molecule has 5 nitrogen and oxygen atoms in total. The third-order valence-electron chi connectivity index (χ3n) is 1.84. The highest BCUT2D eigenvalue weighted by Gasteiger charge is 2.01. The summed E-state index contributed by atoms with van der Waals surface area (Å²) in [5.74, 6) is 0.686. The Bertz CT molecular complexity index is 329. The molecular weight excluding hydrogens is 216 g/mol. The Balaban J connectivity index is 4.86. The summed E-state index contributed by atoms with van der Waals surface area (Å²) in [6, 6.07) is 0.366.